The Morgan fingerprint density at radius 2 is 2.00 bits per heavy atom. The normalized spacial score (nSPS) is 11.3. The zero-order chi connectivity index (χ0) is 13.8. The van der Waals surface area contributed by atoms with E-state index in [1.807, 2.05) is 13.8 Å². The molecule has 1 rings (SSSR count). The maximum atomic E-state index is 12.1. The molecule has 5 heteroatoms. The highest BCUT2D eigenvalue weighted by Gasteiger charge is 2.28. The number of halogens is 2. The van der Waals surface area contributed by atoms with Crippen molar-refractivity contribution in [3.63, 3.8) is 0 Å². The highest BCUT2D eigenvalue weighted by atomic mass is 35.5. The van der Waals surface area contributed by atoms with Gasteiger partial charge in [0.15, 0.2) is 0 Å². The minimum atomic E-state index is -0.451. The molecule has 1 amide bonds. The number of rotatable bonds is 5. The maximum absolute atomic E-state index is 12.1. The van der Waals surface area contributed by atoms with Gasteiger partial charge in [-0.05, 0) is 31.0 Å². The van der Waals surface area contributed by atoms with E-state index in [1.54, 1.807) is 0 Å². The third-order valence-electron chi connectivity index (χ3n) is 3.19. The predicted octanol–water partition coefficient (Wildman–Crippen LogP) is 3.57. The predicted molar refractivity (Wildman–Crippen MR) is 74.6 cm³/mol. The molecule has 0 saturated heterocycles. The minimum Gasteiger partial charge on any atom is -0.507 e. The molecule has 0 aliphatic heterocycles. The topological polar surface area (TPSA) is 49.3 Å². The average molecular weight is 290 g/mol. The van der Waals surface area contributed by atoms with Crippen molar-refractivity contribution in [3.05, 3.63) is 28.8 Å². The lowest BCUT2D eigenvalue weighted by atomic mass is 9.94. The van der Waals surface area contributed by atoms with Crippen LogP contribution in [0.25, 0.3) is 0 Å². The zero-order valence-corrected chi connectivity index (χ0v) is 12.0. The van der Waals surface area contributed by atoms with Crippen molar-refractivity contribution in [2.45, 2.75) is 32.2 Å². The van der Waals surface area contributed by atoms with Crippen LogP contribution in [0, 0.1) is 0 Å². The lowest BCUT2D eigenvalue weighted by Gasteiger charge is -2.30. The molecular formula is C13H17Cl2NO2. The molecule has 100 valence electrons. The van der Waals surface area contributed by atoms with Crippen molar-refractivity contribution < 1.29 is 9.90 Å². The first kappa shape index (κ1) is 15.1. The van der Waals surface area contributed by atoms with E-state index in [4.69, 9.17) is 23.2 Å². The van der Waals surface area contributed by atoms with Crippen LogP contribution in [-0.2, 0) is 0 Å². The van der Waals surface area contributed by atoms with Gasteiger partial charge in [-0.3, -0.25) is 4.79 Å². The van der Waals surface area contributed by atoms with Gasteiger partial charge < -0.3 is 10.4 Å². The molecule has 1 aromatic rings. The highest BCUT2D eigenvalue weighted by Crippen LogP contribution is 2.24. The molecule has 0 fully saturated rings. The number of hydrogen-bond acceptors (Lipinski definition) is 2. The van der Waals surface area contributed by atoms with Gasteiger partial charge in [0.05, 0.1) is 11.1 Å². The highest BCUT2D eigenvalue weighted by molar-refractivity contribution is 6.31. The Hall–Kier alpha value is -0.930. The molecule has 18 heavy (non-hydrogen) atoms. The third-order valence-corrected chi connectivity index (χ3v) is 3.94. The first-order valence-corrected chi connectivity index (χ1v) is 6.76. The van der Waals surface area contributed by atoms with E-state index in [9.17, 15) is 9.90 Å². The van der Waals surface area contributed by atoms with Crippen LogP contribution in [0.15, 0.2) is 18.2 Å². The molecule has 0 heterocycles. The summed E-state index contributed by atoms with van der Waals surface area (Å²) in [6.45, 7) is 3.92. The maximum Gasteiger partial charge on any atom is 0.255 e. The van der Waals surface area contributed by atoms with E-state index in [2.05, 4.69) is 5.32 Å². The van der Waals surface area contributed by atoms with Crippen molar-refractivity contribution in [2.75, 3.05) is 5.88 Å². The lowest BCUT2D eigenvalue weighted by Crippen LogP contribution is -2.49. The van der Waals surface area contributed by atoms with Crippen LogP contribution in [0.1, 0.15) is 37.0 Å². The first-order valence-electron chi connectivity index (χ1n) is 5.85. The monoisotopic (exact) mass is 289 g/mol. The number of phenolic OH excluding ortho intramolecular Hbond substituents is 1. The number of carbonyl (C=O) groups excluding carboxylic acids is 1. The van der Waals surface area contributed by atoms with Crippen LogP contribution >= 0.6 is 23.2 Å². The SMILES string of the molecule is CCC(CC)(CCl)NC(=O)c1cc(Cl)ccc1O. The summed E-state index contributed by atoms with van der Waals surface area (Å²) in [7, 11) is 0. The number of hydrogen-bond donors (Lipinski definition) is 2. The van der Waals surface area contributed by atoms with E-state index in [0.29, 0.717) is 10.9 Å². The molecule has 0 spiro atoms. The smallest absolute Gasteiger partial charge is 0.255 e. The molecule has 0 saturated carbocycles. The molecule has 0 atom stereocenters. The van der Waals surface area contributed by atoms with Gasteiger partial charge in [0.2, 0.25) is 0 Å². The first-order chi connectivity index (χ1) is 8.48. The van der Waals surface area contributed by atoms with Gasteiger partial charge in [-0.25, -0.2) is 0 Å². The summed E-state index contributed by atoms with van der Waals surface area (Å²) in [6.07, 6.45) is 1.44. The number of nitrogens with one attached hydrogen (secondary N) is 1. The second-order valence-corrected chi connectivity index (χ2v) is 4.94. The Bertz CT molecular complexity index is 423. The molecule has 2 N–H and O–H groups in total. The van der Waals surface area contributed by atoms with E-state index in [-0.39, 0.29) is 17.2 Å². The van der Waals surface area contributed by atoms with E-state index in [0.717, 1.165) is 12.8 Å². The van der Waals surface area contributed by atoms with Crippen LogP contribution in [0.5, 0.6) is 5.75 Å². The van der Waals surface area contributed by atoms with E-state index in [1.165, 1.54) is 18.2 Å². The summed E-state index contributed by atoms with van der Waals surface area (Å²) >= 11 is 11.7. The lowest BCUT2D eigenvalue weighted by molar-refractivity contribution is 0.0900. The van der Waals surface area contributed by atoms with Crippen molar-refractivity contribution in [1.29, 1.82) is 0 Å². The molecule has 1 aromatic carbocycles. The Kier molecular flexibility index (Phi) is 5.29. The van der Waals surface area contributed by atoms with Crippen molar-refractivity contribution >= 4 is 29.1 Å². The van der Waals surface area contributed by atoms with Crippen LogP contribution in [-0.4, -0.2) is 22.4 Å². The van der Waals surface area contributed by atoms with Crippen molar-refractivity contribution in [1.82, 2.24) is 5.32 Å². The Morgan fingerprint density at radius 1 is 1.39 bits per heavy atom. The van der Waals surface area contributed by atoms with Crippen LogP contribution < -0.4 is 5.32 Å². The van der Waals surface area contributed by atoms with Gasteiger partial charge in [-0.2, -0.15) is 0 Å². The molecular weight excluding hydrogens is 273 g/mol. The fraction of sp³-hybridized carbons (Fsp3) is 0.462. The fourth-order valence-corrected chi connectivity index (χ4v) is 2.26. The van der Waals surface area contributed by atoms with Crippen molar-refractivity contribution in [3.8, 4) is 5.75 Å². The summed E-state index contributed by atoms with van der Waals surface area (Å²) < 4.78 is 0. The summed E-state index contributed by atoms with van der Waals surface area (Å²) in [5, 5.41) is 12.9. The second-order valence-electron chi connectivity index (χ2n) is 4.24. The molecule has 3 nitrogen and oxygen atoms in total. The Labute approximate surface area is 117 Å². The number of benzene rings is 1. The molecule has 0 unspecified atom stereocenters. The Morgan fingerprint density at radius 3 is 2.50 bits per heavy atom. The molecule has 0 aliphatic carbocycles. The number of aromatic hydroxyl groups is 1. The summed E-state index contributed by atoms with van der Waals surface area (Å²) in [5.41, 5.74) is -0.285. The quantitative estimate of drug-likeness (QED) is 0.814. The second kappa shape index (κ2) is 6.30. The van der Waals surface area contributed by atoms with Gasteiger partial charge in [0.1, 0.15) is 5.75 Å². The fourth-order valence-electron chi connectivity index (χ4n) is 1.65. The number of alkyl halides is 1. The van der Waals surface area contributed by atoms with Crippen molar-refractivity contribution in [2.24, 2.45) is 0 Å². The standard InChI is InChI=1S/C13H17Cl2NO2/c1-3-13(4-2,8-14)16-12(18)10-7-9(15)5-6-11(10)17/h5-7,17H,3-4,8H2,1-2H3,(H,16,18). The van der Waals surface area contributed by atoms with Gasteiger partial charge >= 0.3 is 0 Å². The molecule has 0 aromatic heterocycles. The number of phenols is 1. The average Bonchev–Trinajstić information content (AvgIpc) is 2.38. The van der Waals surface area contributed by atoms with Gasteiger partial charge in [0.25, 0.3) is 5.91 Å². The molecule has 0 aliphatic rings. The molecule has 0 bridgehead atoms. The summed E-state index contributed by atoms with van der Waals surface area (Å²) in [6, 6.07) is 4.37. The Balaban J connectivity index is 2.97. The van der Waals surface area contributed by atoms with E-state index < -0.39 is 5.54 Å². The zero-order valence-electron chi connectivity index (χ0n) is 10.5. The van der Waals surface area contributed by atoms with Crippen LogP contribution in [0.4, 0.5) is 0 Å². The number of amides is 1. The minimum absolute atomic E-state index is 0.0902. The van der Waals surface area contributed by atoms with E-state index >= 15 is 0 Å². The van der Waals surface area contributed by atoms with Crippen LogP contribution in [0.2, 0.25) is 5.02 Å². The summed E-state index contributed by atoms with van der Waals surface area (Å²) in [5.74, 6) is -0.125. The van der Waals surface area contributed by atoms with Gasteiger partial charge in [0, 0.05) is 10.9 Å². The van der Waals surface area contributed by atoms with Gasteiger partial charge in [-0.1, -0.05) is 25.4 Å². The van der Waals surface area contributed by atoms with Crippen LogP contribution in [0.3, 0.4) is 0 Å². The van der Waals surface area contributed by atoms with Gasteiger partial charge in [-0.15, -0.1) is 11.6 Å². The third kappa shape index (κ3) is 3.30. The summed E-state index contributed by atoms with van der Waals surface area (Å²) in [4.78, 5) is 12.1. The molecule has 0 radical (unpaired) electrons. The largest absolute Gasteiger partial charge is 0.507 e. The number of carbonyl (C=O) groups is 1.